The second-order valence-corrected chi connectivity index (χ2v) is 2.92. The summed E-state index contributed by atoms with van der Waals surface area (Å²) in [5.74, 6) is -0.224. The van der Waals surface area contributed by atoms with Crippen LogP contribution in [0.1, 0.15) is 6.42 Å². The van der Waals surface area contributed by atoms with Crippen LogP contribution in [-0.2, 0) is 6.54 Å². The summed E-state index contributed by atoms with van der Waals surface area (Å²) in [5, 5.41) is 0. The molecule has 0 N–H and O–H groups in total. The summed E-state index contributed by atoms with van der Waals surface area (Å²) in [6.07, 6.45) is 2.50. The summed E-state index contributed by atoms with van der Waals surface area (Å²) in [5.41, 5.74) is 1.67. The summed E-state index contributed by atoms with van der Waals surface area (Å²) in [6, 6.07) is 4.60. The minimum atomic E-state index is -0.224. The highest BCUT2D eigenvalue weighted by Crippen LogP contribution is 2.14. The molecule has 0 spiro atoms. The van der Waals surface area contributed by atoms with E-state index in [4.69, 9.17) is 0 Å². The van der Waals surface area contributed by atoms with Crippen molar-refractivity contribution in [3.63, 3.8) is 0 Å². The number of rotatable bonds is 2. The molecule has 67 valence electrons. The van der Waals surface area contributed by atoms with Crippen LogP contribution in [0, 0.1) is 12.7 Å². The van der Waals surface area contributed by atoms with Gasteiger partial charge in [-0.1, -0.05) is 6.92 Å². The predicted octanol–water partition coefficient (Wildman–Crippen LogP) is 2.40. The van der Waals surface area contributed by atoms with E-state index >= 15 is 0 Å². The van der Waals surface area contributed by atoms with Crippen molar-refractivity contribution in [1.29, 1.82) is 0 Å². The van der Waals surface area contributed by atoms with Crippen LogP contribution in [0.15, 0.2) is 24.5 Å². The Balaban J connectivity index is 2.58. The first-order valence-corrected chi connectivity index (χ1v) is 4.21. The molecule has 0 fully saturated rings. The van der Waals surface area contributed by atoms with E-state index in [1.165, 1.54) is 12.1 Å². The van der Waals surface area contributed by atoms with Gasteiger partial charge < -0.3 is 4.57 Å². The molecule has 1 radical (unpaired) electrons. The van der Waals surface area contributed by atoms with Gasteiger partial charge in [0.15, 0.2) is 0 Å². The van der Waals surface area contributed by atoms with Crippen molar-refractivity contribution in [3.8, 4) is 0 Å². The third kappa shape index (κ3) is 1.41. The van der Waals surface area contributed by atoms with Crippen LogP contribution in [0.5, 0.6) is 0 Å². The fourth-order valence-electron chi connectivity index (χ4n) is 1.38. The standard InChI is InChI=1S/C10H10FN2/c1-2-5-13-7-12-9-4-3-8(11)6-10(9)13/h3-4,6-7H,1-2,5H2. The van der Waals surface area contributed by atoms with Gasteiger partial charge in [0, 0.05) is 6.54 Å². The van der Waals surface area contributed by atoms with Crippen molar-refractivity contribution in [2.45, 2.75) is 13.0 Å². The highest BCUT2D eigenvalue weighted by molar-refractivity contribution is 5.75. The summed E-state index contributed by atoms with van der Waals surface area (Å²) in [6.45, 7) is 4.53. The molecule has 0 aliphatic heterocycles. The molecule has 0 saturated heterocycles. The van der Waals surface area contributed by atoms with Crippen LogP contribution in [0.2, 0.25) is 0 Å². The highest BCUT2D eigenvalue weighted by Gasteiger charge is 2.01. The maximum absolute atomic E-state index is 12.9. The molecule has 2 rings (SSSR count). The number of hydrogen-bond donors (Lipinski definition) is 0. The molecule has 0 atom stereocenters. The number of halogens is 1. The molecule has 1 aromatic heterocycles. The molecule has 0 aliphatic carbocycles. The summed E-state index contributed by atoms with van der Waals surface area (Å²) in [7, 11) is 0. The van der Waals surface area contributed by atoms with E-state index in [2.05, 4.69) is 11.9 Å². The maximum Gasteiger partial charge on any atom is 0.125 e. The van der Waals surface area contributed by atoms with Gasteiger partial charge in [-0.15, -0.1) is 0 Å². The largest absolute Gasteiger partial charge is 0.331 e. The number of imidazole rings is 1. The lowest BCUT2D eigenvalue weighted by Crippen LogP contribution is -1.93. The summed E-state index contributed by atoms with van der Waals surface area (Å²) >= 11 is 0. The van der Waals surface area contributed by atoms with Crippen LogP contribution < -0.4 is 0 Å². The zero-order chi connectivity index (χ0) is 9.26. The van der Waals surface area contributed by atoms with Gasteiger partial charge >= 0.3 is 0 Å². The van der Waals surface area contributed by atoms with Crippen molar-refractivity contribution in [1.82, 2.24) is 9.55 Å². The van der Waals surface area contributed by atoms with Crippen LogP contribution in [-0.4, -0.2) is 9.55 Å². The van der Waals surface area contributed by atoms with Gasteiger partial charge in [0.25, 0.3) is 0 Å². The van der Waals surface area contributed by atoms with E-state index in [9.17, 15) is 4.39 Å². The Morgan fingerprint density at radius 1 is 1.46 bits per heavy atom. The molecule has 0 aliphatic rings. The smallest absolute Gasteiger partial charge is 0.125 e. The molecule has 1 heterocycles. The monoisotopic (exact) mass is 177 g/mol. The second-order valence-electron chi connectivity index (χ2n) is 2.92. The quantitative estimate of drug-likeness (QED) is 0.688. The minimum absolute atomic E-state index is 0.224. The number of aryl methyl sites for hydroxylation is 1. The van der Waals surface area contributed by atoms with E-state index in [0.717, 1.165) is 24.0 Å². The van der Waals surface area contributed by atoms with Gasteiger partial charge in [-0.05, 0) is 24.6 Å². The van der Waals surface area contributed by atoms with Gasteiger partial charge in [0.2, 0.25) is 0 Å². The van der Waals surface area contributed by atoms with Crippen molar-refractivity contribution >= 4 is 11.0 Å². The van der Waals surface area contributed by atoms with Crippen molar-refractivity contribution < 1.29 is 4.39 Å². The molecule has 2 nitrogen and oxygen atoms in total. The van der Waals surface area contributed by atoms with Crippen molar-refractivity contribution in [3.05, 3.63) is 37.3 Å². The lowest BCUT2D eigenvalue weighted by Gasteiger charge is -2.00. The Kier molecular flexibility index (Phi) is 2.00. The number of fused-ring (bicyclic) bond motifs is 1. The zero-order valence-electron chi connectivity index (χ0n) is 7.20. The molecule has 2 aromatic rings. The first-order valence-electron chi connectivity index (χ1n) is 4.21. The zero-order valence-corrected chi connectivity index (χ0v) is 7.20. The van der Waals surface area contributed by atoms with E-state index in [0.29, 0.717) is 0 Å². The third-order valence-electron chi connectivity index (χ3n) is 1.98. The lowest BCUT2D eigenvalue weighted by atomic mass is 10.3. The Hall–Kier alpha value is -1.38. The van der Waals surface area contributed by atoms with E-state index in [-0.39, 0.29) is 5.82 Å². The van der Waals surface area contributed by atoms with Gasteiger partial charge in [-0.3, -0.25) is 0 Å². The first-order chi connectivity index (χ1) is 6.31. The van der Waals surface area contributed by atoms with Crippen LogP contribution >= 0.6 is 0 Å². The van der Waals surface area contributed by atoms with E-state index in [1.54, 1.807) is 12.4 Å². The number of benzene rings is 1. The van der Waals surface area contributed by atoms with Gasteiger partial charge in [0.05, 0.1) is 17.4 Å². The molecular weight excluding hydrogens is 167 g/mol. The lowest BCUT2D eigenvalue weighted by molar-refractivity contribution is 0.627. The average Bonchev–Trinajstić information content (AvgIpc) is 2.49. The normalized spacial score (nSPS) is 10.9. The molecule has 0 bridgehead atoms. The number of hydrogen-bond acceptors (Lipinski definition) is 1. The van der Waals surface area contributed by atoms with Crippen molar-refractivity contribution in [2.75, 3.05) is 0 Å². The molecular formula is C10H10FN2. The molecule has 3 heteroatoms. The molecule has 1 aromatic carbocycles. The number of aromatic nitrogens is 2. The average molecular weight is 177 g/mol. The van der Waals surface area contributed by atoms with E-state index < -0.39 is 0 Å². The summed E-state index contributed by atoms with van der Waals surface area (Å²) < 4.78 is 14.8. The Morgan fingerprint density at radius 2 is 2.31 bits per heavy atom. The van der Waals surface area contributed by atoms with Gasteiger partial charge in [-0.2, -0.15) is 0 Å². The first kappa shape index (κ1) is 8.23. The van der Waals surface area contributed by atoms with Crippen LogP contribution in [0.4, 0.5) is 4.39 Å². The third-order valence-corrected chi connectivity index (χ3v) is 1.98. The Morgan fingerprint density at radius 3 is 3.08 bits per heavy atom. The molecule has 0 unspecified atom stereocenters. The topological polar surface area (TPSA) is 17.8 Å². The summed E-state index contributed by atoms with van der Waals surface area (Å²) in [4.78, 5) is 4.15. The van der Waals surface area contributed by atoms with Crippen LogP contribution in [0.25, 0.3) is 11.0 Å². The predicted molar refractivity (Wildman–Crippen MR) is 49.7 cm³/mol. The van der Waals surface area contributed by atoms with Gasteiger partial charge in [0.1, 0.15) is 5.82 Å². The Labute approximate surface area is 76.0 Å². The van der Waals surface area contributed by atoms with Gasteiger partial charge in [-0.25, -0.2) is 9.37 Å². The molecule has 0 saturated carbocycles. The Bertz CT molecular complexity index is 420. The fourth-order valence-corrected chi connectivity index (χ4v) is 1.38. The molecule has 0 amide bonds. The second kappa shape index (κ2) is 3.17. The number of nitrogens with zero attached hydrogens (tertiary/aromatic N) is 2. The molecule has 13 heavy (non-hydrogen) atoms. The fraction of sp³-hybridized carbons (Fsp3) is 0.200. The van der Waals surface area contributed by atoms with Crippen LogP contribution in [0.3, 0.4) is 0 Å². The SMILES string of the molecule is [CH2]CCn1cnc2ccc(F)cc21. The maximum atomic E-state index is 12.9. The van der Waals surface area contributed by atoms with Crippen molar-refractivity contribution in [2.24, 2.45) is 0 Å². The van der Waals surface area contributed by atoms with E-state index in [1.807, 2.05) is 4.57 Å². The highest BCUT2D eigenvalue weighted by atomic mass is 19.1. The minimum Gasteiger partial charge on any atom is -0.331 e.